The van der Waals surface area contributed by atoms with E-state index in [-0.39, 0.29) is 17.2 Å². The average molecular weight is 613 g/mol. The van der Waals surface area contributed by atoms with Crippen molar-refractivity contribution in [1.82, 2.24) is 4.90 Å². The molecule has 2 heterocycles. The molecule has 1 fully saturated rings. The van der Waals surface area contributed by atoms with Crippen molar-refractivity contribution in [2.45, 2.75) is 50.9 Å². The average Bonchev–Trinajstić information content (AvgIpc) is 3.26. The standard InChI is InChI=1S/C33H39Cl2N3O2S/c1-23-17-24(2)19-27(18-23)36(3)32(39)21-26(25-9-10-29(34)30(35)20-25)11-14-37-15-12-33(13-16-37)22-38(41(4)40)31-8-6-5-7-28(31)33/h5-10,17-20,26H,11-16,21-22H2,1-4H3/t26-,41?/m1/s1. The molecule has 8 heteroatoms. The number of para-hydroxylation sites is 1. The quantitative estimate of drug-likeness (QED) is 0.251. The minimum absolute atomic E-state index is 0.0201. The summed E-state index contributed by atoms with van der Waals surface area (Å²) < 4.78 is 14.6. The Labute approximate surface area is 257 Å². The number of nitrogens with zero attached hydrogens (tertiary/aromatic N) is 3. The smallest absolute Gasteiger partial charge is 0.227 e. The number of anilines is 2. The largest absolute Gasteiger partial charge is 0.593 e. The summed E-state index contributed by atoms with van der Waals surface area (Å²) >= 11 is 11.6. The lowest BCUT2D eigenvalue weighted by Crippen LogP contribution is -2.46. The van der Waals surface area contributed by atoms with Gasteiger partial charge in [0.2, 0.25) is 5.91 Å². The Balaban J connectivity index is 1.28. The van der Waals surface area contributed by atoms with E-state index in [4.69, 9.17) is 23.2 Å². The van der Waals surface area contributed by atoms with Crippen molar-refractivity contribution in [1.29, 1.82) is 0 Å². The van der Waals surface area contributed by atoms with Crippen molar-refractivity contribution in [3.05, 3.63) is 93.0 Å². The number of fused-ring (bicyclic) bond motifs is 2. The monoisotopic (exact) mass is 611 g/mol. The highest BCUT2D eigenvalue weighted by molar-refractivity contribution is 7.92. The first-order valence-electron chi connectivity index (χ1n) is 14.3. The first kappa shape index (κ1) is 30.2. The number of carbonyl (C=O) groups excluding carboxylic acids is 1. The molecule has 3 aromatic rings. The molecule has 41 heavy (non-hydrogen) atoms. The van der Waals surface area contributed by atoms with Crippen molar-refractivity contribution in [3.8, 4) is 0 Å². The van der Waals surface area contributed by atoms with Gasteiger partial charge < -0.3 is 14.4 Å². The van der Waals surface area contributed by atoms with Crippen molar-refractivity contribution in [3.63, 3.8) is 0 Å². The van der Waals surface area contributed by atoms with Gasteiger partial charge in [0.1, 0.15) is 6.26 Å². The summed E-state index contributed by atoms with van der Waals surface area (Å²) in [7, 11) is 1.86. The number of amides is 1. The normalized spacial score (nSPS) is 17.9. The topological polar surface area (TPSA) is 49.9 Å². The SMILES string of the molecule is Cc1cc(C)cc(N(C)C(=O)C[C@@H](CCN2CCC3(CC2)CN([S+](C)[O-])c2ccccc23)c2ccc(Cl)c(Cl)c2)c1. The lowest BCUT2D eigenvalue weighted by Gasteiger charge is -2.40. The van der Waals surface area contributed by atoms with Crippen LogP contribution in [-0.2, 0) is 21.6 Å². The first-order valence-corrected chi connectivity index (χ1v) is 16.6. The second kappa shape index (κ2) is 12.6. The van der Waals surface area contributed by atoms with Gasteiger partial charge in [-0.05, 0) is 111 Å². The molecule has 2 atom stereocenters. The van der Waals surface area contributed by atoms with Crippen LogP contribution in [0.15, 0.2) is 60.7 Å². The summed E-state index contributed by atoms with van der Waals surface area (Å²) in [5.74, 6) is 0.102. The molecule has 1 amide bonds. The summed E-state index contributed by atoms with van der Waals surface area (Å²) in [5, 5.41) is 1.04. The molecule has 0 saturated carbocycles. The molecule has 0 bridgehead atoms. The van der Waals surface area contributed by atoms with Crippen LogP contribution in [0.2, 0.25) is 10.0 Å². The number of aryl methyl sites for hydroxylation is 2. The lowest BCUT2D eigenvalue weighted by molar-refractivity contribution is -0.118. The van der Waals surface area contributed by atoms with Crippen LogP contribution in [-0.4, -0.2) is 54.8 Å². The fourth-order valence-corrected chi connectivity index (χ4v) is 7.75. The Kier molecular flexibility index (Phi) is 9.27. The third kappa shape index (κ3) is 6.57. The molecule has 5 rings (SSSR count). The Morgan fingerprint density at radius 3 is 2.37 bits per heavy atom. The number of halogens is 2. The van der Waals surface area contributed by atoms with Gasteiger partial charge in [0.05, 0.1) is 33.6 Å². The second-order valence-corrected chi connectivity index (χ2v) is 13.9. The number of likely N-dealkylation sites (tertiary alicyclic amines) is 1. The summed E-state index contributed by atoms with van der Waals surface area (Å²) in [6.45, 7) is 7.77. The van der Waals surface area contributed by atoms with Crippen LogP contribution in [0.3, 0.4) is 0 Å². The molecule has 0 N–H and O–H groups in total. The molecule has 2 aliphatic rings. The van der Waals surface area contributed by atoms with Gasteiger partial charge in [-0.25, -0.2) is 0 Å². The number of benzene rings is 3. The Morgan fingerprint density at radius 1 is 1.02 bits per heavy atom. The maximum atomic E-state index is 13.5. The molecule has 1 spiro atoms. The summed E-state index contributed by atoms with van der Waals surface area (Å²) in [4.78, 5) is 17.8. The van der Waals surface area contributed by atoms with Crippen LogP contribution < -0.4 is 9.21 Å². The van der Waals surface area contributed by atoms with Crippen LogP contribution in [0.25, 0.3) is 0 Å². The van der Waals surface area contributed by atoms with Crippen LogP contribution in [0, 0.1) is 13.8 Å². The van der Waals surface area contributed by atoms with Gasteiger partial charge in [-0.1, -0.05) is 53.5 Å². The number of rotatable bonds is 8. The lowest BCUT2D eigenvalue weighted by atomic mass is 9.74. The zero-order chi connectivity index (χ0) is 29.3. The van der Waals surface area contributed by atoms with E-state index in [2.05, 4.69) is 59.5 Å². The Morgan fingerprint density at radius 2 is 1.71 bits per heavy atom. The molecule has 0 radical (unpaired) electrons. The second-order valence-electron chi connectivity index (χ2n) is 11.8. The molecule has 3 aromatic carbocycles. The van der Waals surface area contributed by atoms with E-state index >= 15 is 0 Å². The van der Waals surface area contributed by atoms with Crippen LogP contribution >= 0.6 is 23.2 Å². The molecule has 1 unspecified atom stereocenters. The van der Waals surface area contributed by atoms with Crippen molar-refractivity contribution in [2.75, 3.05) is 48.7 Å². The summed E-state index contributed by atoms with van der Waals surface area (Å²) in [6, 6.07) is 20.4. The molecular formula is C33H39Cl2N3O2S. The van der Waals surface area contributed by atoms with Gasteiger partial charge in [-0.15, -0.1) is 0 Å². The van der Waals surface area contributed by atoms with E-state index in [1.54, 1.807) is 11.2 Å². The maximum absolute atomic E-state index is 13.5. The van der Waals surface area contributed by atoms with E-state index < -0.39 is 11.4 Å². The molecule has 5 nitrogen and oxygen atoms in total. The minimum atomic E-state index is -1.04. The van der Waals surface area contributed by atoms with Gasteiger partial charge in [-0.2, -0.15) is 4.31 Å². The molecule has 1 saturated heterocycles. The van der Waals surface area contributed by atoms with Gasteiger partial charge in [0.25, 0.3) is 0 Å². The van der Waals surface area contributed by atoms with Crippen molar-refractivity contribution >= 4 is 51.8 Å². The minimum Gasteiger partial charge on any atom is -0.593 e. The highest BCUT2D eigenvalue weighted by Crippen LogP contribution is 2.48. The predicted octanol–water partition coefficient (Wildman–Crippen LogP) is 7.28. The first-order chi connectivity index (χ1) is 19.6. The van der Waals surface area contributed by atoms with E-state index in [0.717, 1.165) is 73.5 Å². The molecule has 0 aromatic heterocycles. The van der Waals surface area contributed by atoms with Gasteiger partial charge in [0, 0.05) is 24.6 Å². The van der Waals surface area contributed by atoms with Crippen molar-refractivity contribution in [2.24, 2.45) is 0 Å². The number of piperidine rings is 1. The van der Waals surface area contributed by atoms with E-state index in [9.17, 15) is 9.35 Å². The molecule has 2 aliphatic heterocycles. The van der Waals surface area contributed by atoms with Gasteiger partial charge in [-0.3, -0.25) is 4.79 Å². The zero-order valence-corrected chi connectivity index (χ0v) is 26.7. The van der Waals surface area contributed by atoms with E-state index in [1.807, 2.05) is 31.3 Å². The Bertz CT molecular complexity index is 1390. The van der Waals surface area contributed by atoms with E-state index in [0.29, 0.717) is 16.5 Å². The molecule has 0 aliphatic carbocycles. The summed E-state index contributed by atoms with van der Waals surface area (Å²) in [5.41, 5.74) is 6.74. The van der Waals surface area contributed by atoms with Crippen LogP contribution in [0.1, 0.15) is 53.9 Å². The highest BCUT2D eigenvalue weighted by Gasteiger charge is 2.47. The highest BCUT2D eigenvalue weighted by atomic mass is 35.5. The number of carbonyl (C=O) groups is 1. The third-order valence-corrected chi connectivity index (χ3v) is 10.6. The maximum Gasteiger partial charge on any atom is 0.227 e. The number of hydrogen-bond donors (Lipinski definition) is 0. The number of hydrogen-bond acceptors (Lipinski definition) is 4. The van der Waals surface area contributed by atoms with E-state index in [1.165, 1.54) is 5.56 Å². The molecule has 218 valence electrons. The third-order valence-electron chi connectivity index (χ3n) is 8.91. The fraction of sp³-hybridized carbons (Fsp3) is 0.424. The van der Waals surface area contributed by atoms with Gasteiger partial charge in [0.15, 0.2) is 0 Å². The molecular weight excluding hydrogens is 573 g/mol. The van der Waals surface area contributed by atoms with Crippen LogP contribution in [0.4, 0.5) is 11.4 Å². The summed E-state index contributed by atoms with van der Waals surface area (Å²) in [6.07, 6.45) is 5.07. The fourth-order valence-electron chi connectivity index (χ4n) is 6.57. The van der Waals surface area contributed by atoms with Gasteiger partial charge >= 0.3 is 0 Å². The zero-order valence-electron chi connectivity index (χ0n) is 24.3. The van der Waals surface area contributed by atoms with Crippen LogP contribution in [0.5, 0.6) is 0 Å². The predicted molar refractivity (Wildman–Crippen MR) is 173 cm³/mol. The van der Waals surface area contributed by atoms with Crippen molar-refractivity contribution < 1.29 is 9.35 Å². The Hall–Kier alpha value is -2.22.